The van der Waals surface area contributed by atoms with Crippen LogP contribution in [0.1, 0.15) is 32.0 Å². The van der Waals surface area contributed by atoms with Crippen LogP contribution in [0.4, 0.5) is 0 Å². The lowest BCUT2D eigenvalue weighted by Crippen LogP contribution is -2.33. The first-order valence-corrected chi connectivity index (χ1v) is 7.70. The molecule has 0 aliphatic heterocycles. The van der Waals surface area contributed by atoms with E-state index in [1.165, 1.54) is 6.42 Å². The summed E-state index contributed by atoms with van der Waals surface area (Å²) in [4.78, 5) is 8.46. The molecule has 18 heavy (non-hydrogen) atoms. The summed E-state index contributed by atoms with van der Waals surface area (Å²) in [7, 11) is -1.21. The first kappa shape index (κ1) is 12.0. The number of hydrogen-bond acceptors (Lipinski definition) is 4. The topological polar surface area (TPSA) is 60.2 Å². The van der Waals surface area contributed by atoms with Gasteiger partial charge in [0.25, 0.3) is 0 Å². The molecule has 1 saturated carbocycles. The Balaban J connectivity index is 2.25. The number of imidazole rings is 1. The van der Waals surface area contributed by atoms with Crippen LogP contribution in [0.2, 0.25) is 5.15 Å². The van der Waals surface area contributed by atoms with Crippen molar-refractivity contribution in [2.75, 3.05) is 6.26 Å². The Kier molecular flexibility index (Phi) is 2.67. The maximum Gasteiger partial charge on any atom is 0.237 e. The minimum atomic E-state index is -1.21. The van der Waals surface area contributed by atoms with E-state index in [1.54, 1.807) is 17.0 Å². The van der Waals surface area contributed by atoms with Gasteiger partial charge in [0.05, 0.1) is 17.0 Å². The van der Waals surface area contributed by atoms with Gasteiger partial charge in [0.15, 0.2) is 5.15 Å². The van der Waals surface area contributed by atoms with Crippen LogP contribution < -0.4 is 0 Å². The van der Waals surface area contributed by atoms with Gasteiger partial charge >= 0.3 is 0 Å². The molecule has 7 heteroatoms. The Hall–Kier alpha value is -1.01. The SMILES string of the molecule is CS(=O)c1ncc2c(Cl)nc(C3(C)CCC3)n2n1. The standard InChI is InChI=1S/C11H13ClN4OS/c1-11(4-3-5-11)9-14-8(12)7-6-13-10(18(2)17)15-16(7)9/h6H,3-5H2,1-2H3. The minimum absolute atomic E-state index is 0.0247. The molecule has 0 amide bonds. The third kappa shape index (κ3) is 1.66. The van der Waals surface area contributed by atoms with Gasteiger partial charge in [-0.05, 0) is 12.8 Å². The molecule has 1 unspecified atom stereocenters. The summed E-state index contributed by atoms with van der Waals surface area (Å²) in [6.07, 6.45) is 6.50. The van der Waals surface area contributed by atoms with E-state index in [-0.39, 0.29) is 5.41 Å². The summed E-state index contributed by atoms with van der Waals surface area (Å²) in [6.45, 7) is 2.16. The summed E-state index contributed by atoms with van der Waals surface area (Å²) in [5, 5.41) is 5.02. The summed E-state index contributed by atoms with van der Waals surface area (Å²) in [5.41, 5.74) is 0.700. The summed E-state index contributed by atoms with van der Waals surface area (Å²) in [5.74, 6) is 0.850. The average Bonchev–Trinajstić information content (AvgIpc) is 2.63. The van der Waals surface area contributed by atoms with E-state index in [9.17, 15) is 4.21 Å². The van der Waals surface area contributed by atoms with Gasteiger partial charge in [0, 0.05) is 11.7 Å². The summed E-state index contributed by atoms with van der Waals surface area (Å²) >= 11 is 6.11. The number of rotatable bonds is 2. The van der Waals surface area contributed by atoms with Crippen molar-refractivity contribution >= 4 is 27.9 Å². The fourth-order valence-electron chi connectivity index (χ4n) is 2.29. The molecule has 0 N–H and O–H groups in total. The molecule has 5 nitrogen and oxygen atoms in total. The molecule has 1 atom stereocenters. The van der Waals surface area contributed by atoms with Crippen LogP contribution in [-0.2, 0) is 16.2 Å². The van der Waals surface area contributed by atoms with Crippen molar-refractivity contribution in [2.24, 2.45) is 0 Å². The molecule has 0 saturated heterocycles. The zero-order valence-corrected chi connectivity index (χ0v) is 11.8. The fourth-order valence-corrected chi connectivity index (χ4v) is 2.90. The molecule has 1 aliphatic rings. The van der Waals surface area contributed by atoms with Crippen LogP contribution in [0, 0.1) is 0 Å². The lowest BCUT2D eigenvalue weighted by atomic mass is 9.70. The number of aromatic nitrogens is 4. The lowest BCUT2D eigenvalue weighted by Gasteiger charge is -2.36. The molecule has 1 fully saturated rings. The molecule has 2 heterocycles. The maximum atomic E-state index is 11.5. The van der Waals surface area contributed by atoms with Crippen molar-refractivity contribution in [2.45, 2.75) is 36.8 Å². The fraction of sp³-hybridized carbons (Fsp3) is 0.545. The predicted molar refractivity (Wildman–Crippen MR) is 69.3 cm³/mol. The Morgan fingerprint density at radius 2 is 2.22 bits per heavy atom. The molecule has 0 spiro atoms. The van der Waals surface area contributed by atoms with Gasteiger partial charge in [-0.3, -0.25) is 4.21 Å². The van der Waals surface area contributed by atoms with E-state index in [2.05, 4.69) is 22.0 Å². The van der Waals surface area contributed by atoms with Crippen molar-refractivity contribution in [3.05, 3.63) is 17.2 Å². The second-order valence-corrected chi connectivity index (χ2v) is 6.56. The largest absolute Gasteiger partial charge is 0.251 e. The third-order valence-corrected chi connectivity index (χ3v) is 4.56. The van der Waals surface area contributed by atoms with Crippen molar-refractivity contribution < 1.29 is 4.21 Å². The highest BCUT2D eigenvalue weighted by Gasteiger charge is 2.38. The van der Waals surface area contributed by atoms with Crippen LogP contribution in [0.5, 0.6) is 0 Å². The second kappa shape index (κ2) is 3.99. The van der Waals surface area contributed by atoms with E-state index >= 15 is 0 Å². The maximum absolute atomic E-state index is 11.5. The molecule has 3 rings (SSSR count). The quantitative estimate of drug-likeness (QED) is 0.846. The van der Waals surface area contributed by atoms with Crippen molar-refractivity contribution in [3.63, 3.8) is 0 Å². The van der Waals surface area contributed by atoms with Gasteiger partial charge < -0.3 is 0 Å². The van der Waals surface area contributed by atoms with Crippen LogP contribution >= 0.6 is 11.6 Å². The molecule has 2 aromatic heterocycles. The highest BCUT2D eigenvalue weighted by atomic mass is 35.5. The van der Waals surface area contributed by atoms with Gasteiger partial charge in [-0.15, -0.1) is 5.10 Å². The van der Waals surface area contributed by atoms with E-state index in [0.717, 1.165) is 18.7 Å². The summed E-state index contributed by atoms with van der Waals surface area (Å²) < 4.78 is 13.2. The monoisotopic (exact) mass is 284 g/mol. The smallest absolute Gasteiger partial charge is 0.237 e. The number of hydrogen-bond donors (Lipinski definition) is 0. The van der Waals surface area contributed by atoms with Crippen molar-refractivity contribution in [1.29, 1.82) is 0 Å². The Bertz CT molecular complexity index is 650. The van der Waals surface area contributed by atoms with E-state index < -0.39 is 10.8 Å². The molecule has 1 aliphatic carbocycles. The van der Waals surface area contributed by atoms with Crippen LogP contribution in [0.25, 0.3) is 5.52 Å². The van der Waals surface area contributed by atoms with E-state index in [0.29, 0.717) is 15.8 Å². The second-order valence-electron chi connectivity index (χ2n) is 4.93. The van der Waals surface area contributed by atoms with Gasteiger partial charge in [-0.25, -0.2) is 14.5 Å². The molecular weight excluding hydrogens is 272 g/mol. The van der Waals surface area contributed by atoms with Crippen LogP contribution in [-0.4, -0.2) is 30.0 Å². The predicted octanol–water partition coefficient (Wildman–Crippen LogP) is 1.96. The first-order chi connectivity index (χ1) is 8.51. The number of nitrogens with zero attached hydrogens (tertiary/aromatic N) is 4. The first-order valence-electron chi connectivity index (χ1n) is 5.76. The Morgan fingerprint density at radius 3 is 2.78 bits per heavy atom. The average molecular weight is 285 g/mol. The molecule has 2 aromatic rings. The lowest BCUT2D eigenvalue weighted by molar-refractivity contribution is 0.252. The van der Waals surface area contributed by atoms with Crippen LogP contribution in [0.3, 0.4) is 0 Å². The number of halogens is 1. The highest BCUT2D eigenvalue weighted by Crippen LogP contribution is 2.43. The molecule has 96 valence electrons. The minimum Gasteiger partial charge on any atom is -0.251 e. The highest BCUT2D eigenvalue weighted by molar-refractivity contribution is 7.84. The third-order valence-electron chi connectivity index (χ3n) is 3.58. The molecule has 0 bridgehead atoms. The normalized spacial score (nSPS) is 19.7. The summed E-state index contributed by atoms with van der Waals surface area (Å²) in [6, 6.07) is 0. The van der Waals surface area contributed by atoms with Gasteiger partial charge in [0.1, 0.15) is 11.3 Å². The van der Waals surface area contributed by atoms with E-state index in [4.69, 9.17) is 11.6 Å². The van der Waals surface area contributed by atoms with Crippen molar-refractivity contribution in [1.82, 2.24) is 19.6 Å². The van der Waals surface area contributed by atoms with Gasteiger partial charge in [-0.2, -0.15) is 0 Å². The Labute approximate surface area is 112 Å². The van der Waals surface area contributed by atoms with Gasteiger partial charge in [0.2, 0.25) is 5.16 Å². The number of fused-ring (bicyclic) bond motifs is 1. The van der Waals surface area contributed by atoms with E-state index in [1.807, 2.05) is 0 Å². The zero-order valence-electron chi connectivity index (χ0n) is 10.2. The molecular formula is C11H13ClN4OS. The molecule has 0 aromatic carbocycles. The van der Waals surface area contributed by atoms with Gasteiger partial charge in [-0.1, -0.05) is 24.9 Å². The Morgan fingerprint density at radius 1 is 1.50 bits per heavy atom. The zero-order chi connectivity index (χ0) is 12.9. The van der Waals surface area contributed by atoms with Crippen molar-refractivity contribution in [3.8, 4) is 0 Å². The van der Waals surface area contributed by atoms with Crippen LogP contribution in [0.15, 0.2) is 11.4 Å². The molecule has 0 radical (unpaired) electrons.